The van der Waals surface area contributed by atoms with Gasteiger partial charge in [0.1, 0.15) is 0 Å². The zero-order valence-electron chi connectivity index (χ0n) is 10.8. The Bertz CT molecular complexity index is 224. The molecule has 0 saturated carbocycles. The van der Waals surface area contributed by atoms with Gasteiger partial charge in [-0.15, -0.1) is 24.6 Å². The Balaban J connectivity index is 4.81. The summed E-state index contributed by atoms with van der Waals surface area (Å²) in [5.41, 5.74) is 4.43. The van der Waals surface area contributed by atoms with Gasteiger partial charge >= 0.3 is 0 Å². The molecule has 2 heteroatoms. The smallest absolute Gasteiger partial charge is 0.0762 e. The lowest BCUT2D eigenvalue weighted by Gasteiger charge is -2.41. The molecule has 0 fully saturated rings. The van der Waals surface area contributed by atoms with E-state index < -0.39 is 16.1 Å². The maximum Gasteiger partial charge on any atom is 0.0762 e. The van der Waals surface area contributed by atoms with E-state index in [0.29, 0.717) is 5.04 Å². The summed E-state index contributed by atoms with van der Waals surface area (Å²) in [5.74, 6) is 0. The van der Waals surface area contributed by atoms with Crippen LogP contribution in [0.4, 0.5) is 0 Å². The van der Waals surface area contributed by atoms with Crippen molar-refractivity contribution in [3.63, 3.8) is 0 Å². The van der Waals surface area contributed by atoms with E-state index >= 15 is 0 Å². The Morgan fingerprint density at radius 2 is 1.43 bits per heavy atom. The van der Waals surface area contributed by atoms with Gasteiger partial charge in [0.25, 0.3) is 0 Å². The predicted octanol–water partition coefficient (Wildman–Crippen LogP) is 4.63. The average molecular weight is 227 g/mol. The van der Waals surface area contributed by atoms with Gasteiger partial charge in [-0.1, -0.05) is 46.1 Å². The predicted molar refractivity (Wildman–Crippen MR) is 74.2 cm³/mol. The molecule has 0 aromatic carbocycles. The Morgan fingerprint density at radius 3 is 1.71 bits per heavy atom. The minimum Gasteiger partial charge on any atom is -0.107 e. The quantitative estimate of drug-likeness (QED) is 0.599. The van der Waals surface area contributed by atoms with Crippen LogP contribution in [0.2, 0.25) is 37.3 Å². The fourth-order valence-corrected chi connectivity index (χ4v) is 7.88. The maximum absolute atomic E-state index is 4.01. The van der Waals surface area contributed by atoms with Crippen LogP contribution in [0.3, 0.4) is 0 Å². The van der Waals surface area contributed by atoms with Crippen molar-refractivity contribution in [3.8, 4) is 0 Å². The van der Waals surface area contributed by atoms with Crippen LogP contribution in [0.1, 0.15) is 13.8 Å². The van der Waals surface area contributed by atoms with E-state index in [9.17, 15) is 0 Å². The van der Waals surface area contributed by atoms with Gasteiger partial charge in [0, 0.05) is 0 Å². The largest absolute Gasteiger partial charge is 0.107 e. The summed E-state index contributed by atoms with van der Waals surface area (Å²) in [6, 6.07) is 1.33. The van der Waals surface area contributed by atoms with Crippen molar-refractivity contribution in [2.45, 2.75) is 51.1 Å². The van der Waals surface area contributed by atoms with E-state index in [1.165, 1.54) is 6.04 Å². The van der Waals surface area contributed by atoms with Crippen LogP contribution >= 0.6 is 0 Å². The molecule has 0 amide bonds. The fourth-order valence-electron chi connectivity index (χ4n) is 1.72. The molecule has 0 heterocycles. The Morgan fingerprint density at radius 1 is 1.00 bits per heavy atom. The van der Waals surface area contributed by atoms with E-state index in [1.54, 1.807) is 0 Å². The van der Waals surface area contributed by atoms with Crippen molar-refractivity contribution >= 4 is 16.1 Å². The van der Waals surface area contributed by atoms with Crippen molar-refractivity contribution in [2.24, 2.45) is 0 Å². The van der Waals surface area contributed by atoms with Crippen molar-refractivity contribution in [1.29, 1.82) is 0 Å². The fraction of sp³-hybridized carbons (Fsp3) is 0.667. The maximum atomic E-state index is 4.01. The third kappa shape index (κ3) is 3.24. The van der Waals surface area contributed by atoms with Crippen LogP contribution in [0.5, 0.6) is 0 Å². The molecule has 0 saturated heterocycles. The molecule has 0 aliphatic rings. The average Bonchev–Trinajstić information content (AvgIpc) is 2.02. The standard InChI is InChI=1S/C12H26Si2/c1-9-13(5,6)11-12(3,4)14(7,8)10-2/h9-10H,1-2,11H2,3-8H3. The Labute approximate surface area is 92.1 Å². The molecule has 0 aromatic rings. The molecule has 14 heavy (non-hydrogen) atoms. The van der Waals surface area contributed by atoms with Crippen LogP contribution in [0, 0.1) is 0 Å². The third-order valence-corrected chi connectivity index (χ3v) is 11.6. The summed E-state index contributed by atoms with van der Waals surface area (Å²) >= 11 is 0. The van der Waals surface area contributed by atoms with Gasteiger partial charge in [0.15, 0.2) is 0 Å². The first kappa shape index (κ1) is 13.9. The second kappa shape index (κ2) is 4.19. The second-order valence-electron chi connectivity index (χ2n) is 6.18. The summed E-state index contributed by atoms with van der Waals surface area (Å²) in [4.78, 5) is 0. The highest BCUT2D eigenvalue weighted by atomic mass is 28.3. The molecular formula is C12H26Si2. The minimum atomic E-state index is -1.28. The van der Waals surface area contributed by atoms with Crippen molar-refractivity contribution in [2.75, 3.05) is 0 Å². The monoisotopic (exact) mass is 226 g/mol. The summed E-state index contributed by atoms with van der Waals surface area (Å²) in [6.45, 7) is 22.4. The van der Waals surface area contributed by atoms with Crippen molar-refractivity contribution in [3.05, 3.63) is 24.6 Å². The zero-order valence-corrected chi connectivity index (χ0v) is 12.8. The molecule has 0 unspecified atom stereocenters. The van der Waals surface area contributed by atoms with E-state index in [-0.39, 0.29) is 0 Å². The lowest BCUT2D eigenvalue weighted by molar-refractivity contribution is 0.715. The molecule has 0 atom stereocenters. The molecule has 0 radical (unpaired) electrons. The van der Waals surface area contributed by atoms with Crippen LogP contribution < -0.4 is 0 Å². The molecule has 0 nitrogen and oxygen atoms in total. The molecule has 0 rings (SSSR count). The number of rotatable bonds is 5. The van der Waals surface area contributed by atoms with E-state index in [1.807, 2.05) is 0 Å². The molecular weight excluding hydrogens is 200 g/mol. The Hall–Kier alpha value is -0.0862. The summed E-state index contributed by atoms with van der Waals surface area (Å²) in [6.07, 6.45) is 0. The van der Waals surface area contributed by atoms with Crippen molar-refractivity contribution in [1.82, 2.24) is 0 Å². The van der Waals surface area contributed by atoms with Crippen LogP contribution in [0.25, 0.3) is 0 Å². The van der Waals surface area contributed by atoms with Gasteiger partial charge in [-0.25, -0.2) is 0 Å². The van der Waals surface area contributed by atoms with Gasteiger partial charge in [-0.3, -0.25) is 0 Å². The van der Waals surface area contributed by atoms with Gasteiger partial charge in [-0.05, 0) is 5.04 Å². The lowest BCUT2D eigenvalue weighted by atomic mass is 10.2. The minimum absolute atomic E-state index is 0.443. The summed E-state index contributed by atoms with van der Waals surface area (Å²) in [5, 5.41) is 0.443. The van der Waals surface area contributed by atoms with Gasteiger partial charge < -0.3 is 0 Å². The number of hydrogen-bond donors (Lipinski definition) is 0. The van der Waals surface area contributed by atoms with E-state index in [2.05, 4.69) is 64.6 Å². The van der Waals surface area contributed by atoms with Gasteiger partial charge in [-0.2, -0.15) is 0 Å². The van der Waals surface area contributed by atoms with Gasteiger partial charge in [0.05, 0.1) is 16.1 Å². The first-order chi connectivity index (χ1) is 6.08. The van der Waals surface area contributed by atoms with Gasteiger partial charge in [0.2, 0.25) is 0 Å². The molecule has 82 valence electrons. The molecule has 0 spiro atoms. The van der Waals surface area contributed by atoms with Crippen LogP contribution in [-0.4, -0.2) is 16.1 Å². The molecule has 0 aliphatic heterocycles. The van der Waals surface area contributed by atoms with E-state index in [0.717, 1.165) is 0 Å². The van der Waals surface area contributed by atoms with Crippen molar-refractivity contribution < 1.29 is 0 Å². The molecule has 0 aromatic heterocycles. The molecule has 0 N–H and O–H groups in total. The SMILES string of the molecule is C=C[Si](C)(C)CC(C)(C)[Si](C)(C)C=C. The molecule has 0 aliphatic carbocycles. The first-order valence-corrected chi connectivity index (χ1v) is 11.7. The highest BCUT2D eigenvalue weighted by Gasteiger charge is 2.39. The lowest BCUT2D eigenvalue weighted by Crippen LogP contribution is -2.42. The first-order valence-electron chi connectivity index (χ1n) is 5.35. The zero-order chi connectivity index (χ0) is 11.6. The Kier molecular flexibility index (Phi) is 4.16. The number of hydrogen-bond acceptors (Lipinski definition) is 0. The topological polar surface area (TPSA) is 0 Å². The highest BCUT2D eigenvalue weighted by molar-refractivity contribution is 6.89. The summed E-state index contributed by atoms with van der Waals surface area (Å²) < 4.78 is 0. The van der Waals surface area contributed by atoms with E-state index in [4.69, 9.17) is 0 Å². The second-order valence-corrected chi connectivity index (χ2v) is 16.1. The third-order valence-electron chi connectivity index (χ3n) is 3.70. The highest BCUT2D eigenvalue weighted by Crippen LogP contribution is 2.44. The molecule has 0 bridgehead atoms. The van der Waals surface area contributed by atoms with Crippen LogP contribution in [0.15, 0.2) is 24.6 Å². The normalized spacial score (nSPS) is 13.9. The summed E-state index contributed by atoms with van der Waals surface area (Å²) in [7, 11) is -2.47. The van der Waals surface area contributed by atoms with Crippen LogP contribution in [-0.2, 0) is 0 Å².